The maximum atomic E-state index is 12.4. The van der Waals surface area contributed by atoms with Gasteiger partial charge in [-0.2, -0.15) is 0 Å². The Morgan fingerprint density at radius 1 is 1.22 bits per heavy atom. The van der Waals surface area contributed by atoms with Crippen molar-refractivity contribution in [2.45, 2.75) is 51.5 Å². The first-order chi connectivity index (χ1) is 10.8. The van der Waals surface area contributed by atoms with Gasteiger partial charge in [0.05, 0.1) is 5.92 Å². The molecule has 0 bridgehead atoms. The molecule has 1 atom stereocenters. The van der Waals surface area contributed by atoms with Gasteiger partial charge in [0.1, 0.15) is 5.60 Å². The molecule has 0 saturated heterocycles. The fourth-order valence-electron chi connectivity index (χ4n) is 1.98. The van der Waals surface area contributed by atoms with E-state index in [0.717, 1.165) is 18.7 Å². The Morgan fingerprint density at radius 3 is 2.43 bits per heavy atom. The van der Waals surface area contributed by atoms with Gasteiger partial charge in [-0.25, -0.2) is 0 Å². The van der Waals surface area contributed by atoms with E-state index in [0.29, 0.717) is 12.5 Å². The number of carbonyl (C=O) groups is 1. The molecule has 0 radical (unpaired) electrons. The van der Waals surface area contributed by atoms with Crippen LogP contribution in [-0.4, -0.2) is 30.4 Å². The van der Waals surface area contributed by atoms with E-state index >= 15 is 0 Å². The van der Waals surface area contributed by atoms with Gasteiger partial charge in [0.15, 0.2) is 0 Å². The van der Waals surface area contributed by atoms with Crippen molar-refractivity contribution in [3.8, 4) is 0 Å². The van der Waals surface area contributed by atoms with E-state index in [-0.39, 0.29) is 11.9 Å². The standard InChI is InChI=1S/C19H31NO2S/c1-15(2)11-12-20-13-16(18(21)22-19(3,4)5)14-23-17-9-7-6-8-10-17/h6-10,15-16,20H,11-14H2,1-5H3. The third kappa shape index (κ3) is 9.67. The first-order valence-corrected chi connectivity index (χ1v) is 9.38. The zero-order valence-electron chi connectivity index (χ0n) is 15.1. The molecule has 0 amide bonds. The minimum absolute atomic E-state index is 0.113. The van der Waals surface area contributed by atoms with Crippen LogP contribution in [0.1, 0.15) is 41.0 Å². The van der Waals surface area contributed by atoms with Crippen molar-refractivity contribution < 1.29 is 9.53 Å². The summed E-state index contributed by atoms with van der Waals surface area (Å²) in [6.07, 6.45) is 1.12. The Kier molecular flexibility index (Phi) is 8.71. The van der Waals surface area contributed by atoms with E-state index in [1.54, 1.807) is 11.8 Å². The van der Waals surface area contributed by atoms with Crippen molar-refractivity contribution in [2.24, 2.45) is 11.8 Å². The lowest BCUT2D eigenvalue weighted by Gasteiger charge is -2.24. The summed E-state index contributed by atoms with van der Waals surface area (Å²) in [5, 5.41) is 3.41. The second kappa shape index (κ2) is 9.99. The predicted octanol–water partition coefficient (Wildman–Crippen LogP) is 4.37. The number of benzene rings is 1. The van der Waals surface area contributed by atoms with Crippen molar-refractivity contribution >= 4 is 17.7 Å². The molecule has 0 spiro atoms. The number of hydrogen-bond acceptors (Lipinski definition) is 4. The van der Waals surface area contributed by atoms with Crippen LogP contribution in [-0.2, 0) is 9.53 Å². The number of nitrogens with one attached hydrogen (secondary N) is 1. The largest absolute Gasteiger partial charge is 0.460 e. The average molecular weight is 338 g/mol. The lowest BCUT2D eigenvalue weighted by molar-refractivity contribution is -0.158. The Hall–Kier alpha value is -1.00. The van der Waals surface area contributed by atoms with Gasteiger partial charge < -0.3 is 10.1 Å². The molecule has 0 aliphatic rings. The Balaban J connectivity index is 2.54. The van der Waals surface area contributed by atoms with Crippen LogP contribution >= 0.6 is 11.8 Å². The number of rotatable bonds is 9. The Bertz CT molecular complexity index is 454. The van der Waals surface area contributed by atoms with Gasteiger partial charge in [-0.15, -0.1) is 11.8 Å². The molecule has 0 heterocycles. The van der Waals surface area contributed by atoms with Gasteiger partial charge >= 0.3 is 5.97 Å². The minimum atomic E-state index is -0.440. The molecule has 130 valence electrons. The molecule has 0 aliphatic carbocycles. The smallest absolute Gasteiger partial charge is 0.311 e. The van der Waals surface area contributed by atoms with Crippen LogP contribution < -0.4 is 5.32 Å². The summed E-state index contributed by atoms with van der Waals surface area (Å²) in [7, 11) is 0. The topological polar surface area (TPSA) is 38.3 Å². The van der Waals surface area contributed by atoms with Crippen LogP contribution in [0.4, 0.5) is 0 Å². The van der Waals surface area contributed by atoms with Crippen LogP contribution in [0.25, 0.3) is 0 Å². The highest BCUT2D eigenvalue weighted by atomic mass is 32.2. The molecule has 0 aliphatic heterocycles. The van der Waals surface area contributed by atoms with E-state index in [4.69, 9.17) is 4.74 Å². The van der Waals surface area contributed by atoms with Crippen molar-refractivity contribution in [3.63, 3.8) is 0 Å². The summed E-state index contributed by atoms with van der Waals surface area (Å²) in [6, 6.07) is 10.2. The molecular weight excluding hydrogens is 306 g/mol. The molecule has 0 aromatic heterocycles. The highest BCUT2D eigenvalue weighted by Gasteiger charge is 2.25. The first kappa shape index (κ1) is 20.0. The monoisotopic (exact) mass is 337 g/mol. The number of ether oxygens (including phenoxy) is 1. The molecule has 1 rings (SSSR count). The van der Waals surface area contributed by atoms with E-state index in [1.165, 1.54) is 4.90 Å². The zero-order chi connectivity index (χ0) is 17.3. The third-order valence-corrected chi connectivity index (χ3v) is 4.40. The lowest BCUT2D eigenvalue weighted by Crippen LogP contribution is -2.36. The lowest BCUT2D eigenvalue weighted by atomic mass is 10.1. The average Bonchev–Trinajstić information content (AvgIpc) is 2.45. The summed E-state index contributed by atoms with van der Waals surface area (Å²) in [6.45, 7) is 11.8. The van der Waals surface area contributed by atoms with Crippen LogP contribution in [0.5, 0.6) is 0 Å². The van der Waals surface area contributed by atoms with Crippen molar-refractivity contribution in [2.75, 3.05) is 18.8 Å². The fraction of sp³-hybridized carbons (Fsp3) is 0.632. The quantitative estimate of drug-likeness (QED) is 0.412. The molecule has 1 unspecified atom stereocenters. The van der Waals surface area contributed by atoms with Crippen molar-refractivity contribution in [1.82, 2.24) is 5.32 Å². The first-order valence-electron chi connectivity index (χ1n) is 8.39. The maximum absolute atomic E-state index is 12.4. The Morgan fingerprint density at radius 2 is 1.87 bits per heavy atom. The molecule has 23 heavy (non-hydrogen) atoms. The van der Waals surface area contributed by atoms with Gasteiger partial charge in [0, 0.05) is 17.2 Å². The number of esters is 1. The molecule has 1 aromatic rings. The number of hydrogen-bond donors (Lipinski definition) is 1. The van der Waals surface area contributed by atoms with Gasteiger partial charge in [-0.05, 0) is 51.8 Å². The summed E-state index contributed by atoms with van der Waals surface area (Å²) in [5.74, 6) is 1.15. The number of thioether (sulfide) groups is 1. The minimum Gasteiger partial charge on any atom is -0.460 e. The van der Waals surface area contributed by atoms with E-state index in [1.807, 2.05) is 39.0 Å². The predicted molar refractivity (Wildman–Crippen MR) is 98.8 cm³/mol. The highest BCUT2D eigenvalue weighted by Crippen LogP contribution is 2.22. The van der Waals surface area contributed by atoms with Crippen LogP contribution in [0, 0.1) is 11.8 Å². The maximum Gasteiger partial charge on any atom is 0.311 e. The van der Waals surface area contributed by atoms with Crippen LogP contribution in [0.2, 0.25) is 0 Å². The van der Waals surface area contributed by atoms with E-state index in [9.17, 15) is 4.79 Å². The third-order valence-electron chi connectivity index (χ3n) is 3.22. The van der Waals surface area contributed by atoms with Gasteiger partial charge in [0.25, 0.3) is 0 Å². The summed E-state index contributed by atoms with van der Waals surface area (Å²) < 4.78 is 5.57. The van der Waals surface area contributed by atoms with Gasteiger partial charge in [-0.1, -0.05) is 32.0 Å². The zero-order valence-corrected chi connectivity index (χ0v) is 15.9. The van der Waals surface area contributed by atoms with Crippen LogP contribution in [0.3, 0.4) is 0 Å². The molecule has 1 N–H and O–H groups in total. The van der Waals surface area contributed by atoms with Gasteiger partial charge in [-0.3, -0.25) is 4.79 Å². The van der Waals surface area contributed by atoms with E-state index in [2.05, 4.69) is 31.3 Å². The normalized spacial score (nSPS) is 13.1. The molecule has 4 heteroatoms. The Labute approximate surface area is 145 Å². The number of carbonyl (C=O) groups excluding carboxylic acids is 1. The van der Waals surface area contributed by atoms with Crippen molar-refractivity contribution in [3.05, 3.63) is 30.3 Å². The molecule has 3 nitrogen and oxygen atoms in total. The van der Waals surface area contributed by atoms with Crippen LogP contribution in [0.15, 0.2) is 35.2 Å². The highest BCUT2D eigenvalue weighted by molar-refractivity contribution is 7.99. The summed E-state index contributed by atoms with van der Waals surface area (Å²) in [5.41, 5.74) is -0.440. The second-order valence-electron chi connectivity index (χ2n) is 7.24. The van der Waals surface area contributed by atoms with Gasteiger partial charge in [0.2, 0.25) is 0 Å². The fourth-order valence-corrected chi connectivity index (χ4v) is 2.97. The summed E-state index contributed by atoms with van der Waals surface area (Å²) >= 11 is 1.71. The SMILES string of the molecule is CC(C)CCNCC(CSc1ccccc1)C(=O)OC(C)(C)C. The molecule has 0 saturated carbocycles. The van der Waals surface area contributed by atoms with Crippen molar-refractivity contribution in [1.29, 1.82) is 0 Å². The molecule has 1 aromatic carbocycles. The second-order valence-corrected chi connectivity index (χ2v) is 8.33. The molecule has 0 fully saturated rings. The molecular formula is C19H31NO2S. The van der Waals surface area contributed by atoms with E-state index < -0.39 is 5.60 Å². The summed E-state index contributed by atoms with van der Waals surface area (Å²) in [4.78, 5) is 13.6.